The Bertz CT molecular complexity index is 623. The van der Waals surface area contributed by atoms with Crippen molar-refractivity contribution in [3.8, 4) is 0 Å². The Morgan fingerprint density at radius 2 is 1.76 bits per heavy atom. The molecule has 0 spiro atoms. The van der Waals surface area contributed by atoms with Crippen LogP contribution in [0.4, 0.5) is 8.78 Å². The number of alkyl halides is 1. The van der Waals surface area contributed by atoms with E-state index in [1.165, 1.54) is 16.7 Å². The minimum Gasteiger partial charge on any atom is -0.204 e. The highest BCUT2D eigenvalue weighted by Gasteiger charge is 2.16. The van der Waals surface area contributed by atoms with Crippen molar-refractivity contribution in [1.29, 1.82) is 0 Å². The Hall–Kier alpha value is -1.22. The lowest BCUT2D eigenvalue weighted by Crippen LogP contribution is -2.03. The number of rotatable bonds is 5. The maximum absolute atomic E-state index is 13.8. The van der Waals surface area contributed by atoms with Gasteiger partial charge in [0.05, 0.1) is 0 Å². The van der Waals surface area contributed by atoms with Crippen LogP contribution in [0.5, 0.6) is 0 Å². The van der Waals surface area contributed by atoms with Gasteiger partial charge in [-0.3, -0.25) is 0 Å². The van der Waals surface area contributed by atoms with E-state index in [9.17, 15) is 8.78 Å². The maximum atomic E-state index is 13.8. The molecule has 1 atom stereocenters. The zero-order valence-electron chi connectivity index (χ0n) is 12.3. The molecule has 0 aliphatic carbocycles. The first-order chi connectivity index (χ1) is 10.1. The molecule has 112 valence electrons. The third kappa shape index (κ3) is 3.70. The average molecular weight is 353 g/mol. The lowest BCUT2D eigenvalue weighted by Gasteiger charge is -2.16. The van der Waals surface area contributed by atoms with E-state index in [1.54, 1.807) is 12.1 Å². The predicted molar refractivity (Wildman–Crippen MR) is 86.9 cm³/mol. The molecule has 0 radical (unpaired) electrons. The van der Waals surface area contributed by atoms with Crippen LogP contribution in [0.1, 0.15) is 40.9 Å². The van der Waals surface area contributed by atoms with Crippen molar-refractivity contribution in [1.82, 2.24) is 0 Å². The van der Waals surface area contributed by atoms with E-state index >= 15 is 0 Å². The van der Waals surface area contributed by atoms with Crippen molar-refractivity contribution in [3.63, 3.8) is 0 Å². The molecule has 0 N–H and O–H groups in total. The summed E-state index contributed by atoms with van der Waals surface area (Å²) in [6.07, 6.45) is 2.32. The zero-order chi connectivity index (χ0) is 15.4. The molecule has 0 heterocycles. The molecule has 2 aromatic rings. The maximum Gasteiger partial charge on any atom is 0.162 e. The molecular weight excluding hydrogens is 334 g/mol. The van der Waals surface area contributed by atoms with Crippen LogP contribution in [0, 0.1) is 11.6 Å². The largest absolute Gasteiger partial charge is 0.204 e. The second kappa shape index (κ2) is 7.17. The van der Waals surface area contributed by atoms with Gasteiger partial charge >= 0.3 is 0 Å². The van der Waals surface area contributed by atoms with Crippen molar-refractivity contribution in [2.24, 2.45) is 0 Å². The summed E-state index contributed by atoms with van der Waals surface area (Å²) in [7, 11) is 0. The van der Waals surface area contributed by atoms with Gasteiger partial charge in [0, 0.05) is 4.83 Å². The monoisotopic (exact) mass is 352 g/mol. The molecule has 2 aromatic carbocycles. The Morgan fingerprint density at radius 3 is 2.43 bits per heavy atom. The topological polar surface area (TPSA) is 0 Å². The van der Waals surface area contributed by atoms with Crippen LogP contribution >= 0.6 is 15.9 Å². The van der Waals surface area contributed by atoms with Gasteiger partial charge in [0.25, 0.3) is 0 Å². The fourth-order valence-corrected chi connectivity index (χ4v) is 3.26. The second-order valence-electron chi connectivity index (χ2n) is 5.12. The Morgan fingerprint density at radius 1 is 1.00 bits per heavy atom. The molecule has 0 saturated carbocycles. The van der Waals surface area contributed by atoms with E-state index in [4.69, 9.17) is 0 Å². The number of hydrogen-bond donors (Lipinski definition) is 0. The van der Waals surface area contributed by atoms with E-state index in [-0.39, 0.29) is 4.83 Å². The van der Waals surface area contributed by atoms with Crippen LogP contribution in [-0.4, -0.2) is 0 Å². The highest BCUT2D eigenvalue weighted by atomic mass is 79.9. The van der Waals surface area contributed by atoms with Crippen LogP contribution in [0.15, 0.2) is 36.4 Å². The summed E-state index contributed by atoms with van der Waals surface area (Å²) in [4.78, 5) is -0.0183. The first-order valence-corrected chi connectivity index (χ1v) is 8.17. The highest BCUT2D eigenvalue weighted by molar-refractivity contribution is 9.09. The molecule has 21 heavy (non-hydrogen) atoms. The summed E-state index contributed by atoms with van der Waals surface area (Å²) in [5, 5.41) is 0. The summed E-state index contributed by atoms with van der Waals surface area (Å²) < 4.78 is 27.1. The van der Waals surface area contributed by atoms with Crippen molar-refractivity contribution in [2.45, 2.75) is 37.9 Å². The first-order valence-electron chi connectivity index (χ1n) is 7.25. The molecule has 0 amide bonds. The van der Waals surface area contributed by atoms with Gasteiger partial charge in [0.15, 0.2) is 11.6 Å². The summed E-state index contributed by atoms with van der Waals surface area (Å²) in [5.74, 6) is -1.53. The molecule has 2 rings (SSSR count). The highest BCUT2D eigenvalue weighted by Crippen LogP contribution is 2.32. The first kappa shape index (κ1) is 16.2. The van der Waals surface area contributed by atoms with Gasteiger partial charge in [-0.15, -0.1) is 0 Å². The van der Waals surface area contributed by atoms with Crippen molar-refractivity contribution in [2.75, 3.05) is 0 Å². The molecule has 0 aromatic heterocycles. The second-order valence-corrected chi connectivity index (χ2v) is 6.23. The summed E-state index contributed by atoms with van der Waals surface area (Å²) in [6, 6.07) is 10.8. The van der Waals surface area contributed by atoms with Gasteiger partial charge in [-0.05, 0) is 47.6 Å². The molecule has 0 fully saturated rings. The van der Waals surface area contributed by atoms with Crippen LogP contribution in [0.3, 0.4) is 0 Å². The van der Waals surface area contributed by atoms with Crippen molar-refractivity contribution < 1.29 is 8.78 Å². The van der Waals surface area contributed by atoms with Gasteiger partial charge in [0.2, 0.25) is 0 Å². The fraction of sp³-hybridized carbons (Fsp3) is 0.333. The molecule has 0 saturated heterocycles. The molecular formula is C18H19BrF2. The Kier molecular flexibility index (Phi) is 5.51. The SMILES string of the molecule is CCc1ccc(CC)c(C(Br)Cc2cccc(F)c2F)c1. The zero-order valence-corrected chi connectivity index (χ0v) is 13.9. The third-order valence-electron chi connectivity index (χ3n) is 3.77. The predicted octanol–water partition coefficient (Wildman–Crippen LogP) is 5.77. The van der Waals surface area contributed by atoms with E-state index in [2.05, 4.69) is 48.0 Å². The Labute approximate surface area is 133 Å². The molecule has 3 heteroatoms. The fourth-order valence-electron chi connectivity index (χ4n) is 2.49. The lowest BCUT2D eigenvalue weighted by molar-refractivity contribution is 0.498. The van der Waals surface area contributed by atoms with Gasteiger partial charge in [0.1, 0.15) is 0 Å². The van der Waals surface area contributed by atoms with Crippen molar-refractivity contribution in [3.05, 3.63) is 70.3 Å². The quantitative estimate of drug-likeness (QED) is 0.599. The minimum atomic E-state index is -0.787. The van der Waals surface area contributed by atoms with E-state index in [1.807, 2.05) is 0 Å². The number of hydrogen-bond acceptors (Lipinski definition) is 0. The average Bonchev–Trinajstić information content (AvgIpc) is 2.51. The third-order valence-corrected chi connectivity index (χ3v) is 4.58. The summed E-state index contributed by atoms with van der Waals surface area (Å²) in [6.45, 7) is 4.22. The number of aryl methyl sites for hydroxylation is 2. The van der Waals surface area contributed by atoms with Gasteiger partial charge < -0.3 is 0 Å². The Balaban J connectivity index is 2.31. The van der Waals surface area contributed by atoms with E-state index in [0.717, 1.165) is 18.9 Å². The van der Waals surface area contributed by atoms with Gasteiger partial charge in [-0.25, -0.2) is 8.78 Å². The molecule has 0 aliphatic rings. The van der Waals surface area contributed by atoms with Crippen molar-refractivity contribution >= 4 is 15.9 Å². The number of halogens is 3. The summed E-state index contributed by atoms with van der Waals surface area (Å²) >= 11 is 3.65. The van der Waals surface area contributed by atoms with Crippen LogP contribution in [-0.2, 0) is 19.3 Å². The van der Waals surface area contributed by atoms with Gasteiger partial charge in [-0.2, -0.15) is 0 Å². The van der Waals surface area contributed by atoms with E-state index < -0.39 is 11.6 Å². The number of benzene rings is 2. The van der Waals surface area contributed by atoms with Gasteiger partial charge in [-0.1, -0.05) is 60.1 Å². The smallest absolute Gasteiger partial charge is 0.162 e. The minimum absolute atomic E-state index is 0.0183. The van der Waals surface area contributed by atoms with Crippen LogP contribution in [0.2, 0.25) is 0 Å². The normalized spacial score (nSPS) is 12.4. The summed E-state index contributed by atoms with van der Waals surface area (Å²) in [5.41, 5.74) is 4.07. The molecule has 0 nitrogen and oxygen atoms in total. The van der Waals surface area contributed by atoms with Crippen LogP contribution < -0.4 is 0 Å². The van der Waals surface area contributed by atoms with Crippen LogP contribution in [0.25, 0.3) is 0 Å². The molecule has 0 aliphatic heterocycles. The lowest BCUT2D eigenvalue weighted by atomic mass is 9.95. The van der Waals surface area contributed by atoms with E-state index in [0.29, 0.717) is 12.0 Å². The molecule has 0 bridgehead atoms. The standard InChI is InChI=1S/C18H19BrF2/c1-3-12-8-9-13(4-2)15(10-12)16(19)11-14-6-5-7-17(20)18(14)21/h5-10,16H,3-4,11H2,1-2H3. The molecule has 1 unspecified atom stereocenters.